The van der Waals surface area contributed by atoms with Gasteiger partial charge in [0.05, 0.1) is 5.56 Å². The molecule has 0 aliphatic rings. The van der Waals surface area contributed by atoms with Crippen molar-refractivity contribution < 1.29 is 9.90 Å². The molecule has 2 heteroatoms. The second kappa shape index (κ2) is 5.05. The Morgan fingerprint density at radius 2 is 1.78 bits per heavy atom. The van der Waals surface area contributed by atoms with E-state index in [4.69, 9.17) is 5.11 Å². The van der Waals surface area contributed by atoms with E-state index < -0.39 is 5.97 Å². The van der Waals surface area contributed by atoms with Crippen molar-refractivity contribution in [3.63, 3.8) is 0 Å². The van der Waals surface area contributed by atoms with Gasteiger partial charge in [-0.3, -0.25) is 0 Å². The predicted molar refractivity (Wildman–Crippen MR) is 72.1 cm³/mol. The summed E-state index contributed by atoms with van der Waals surface area (Å²) in [6, 6.07) is 13.4. The van der Waals surface area contributed by atoms with Crippen molar-refractivity contribution in [2.45, 2.75) is 20.3 Å². The Balaban J connectivity index is 2.34. The van der Waals surface area contributed by atoms with Gasteiger partial charge in [-0.15, -0.1) is 0 Å². The summed E-state index contributed by atoms with van der Waals surface area (Å²) in [5, 5.41) is 9.14. The molecule has 0 atom stereocenters. The van der Waals surface area contributed by atoms with E-state index >= 15 is 0 Å². The summed E-state index contributed by atoms with van der Waals surface area (Å²) in [6.07, 6.45) is 0.656. The Labute approximate surface area is 107 Å². The zero-order valence-corrected chi connectivity index (χ0v) is 10.6. The van der Waals surface area contributed by atoms with Gasteiger partial charge in [-0.2, -0.15) is 0 Å². The molecule has 0 aliphatic heterocycles. The molecular weight excluding hydrogens is 224 g/mol. The van der Waals surface area contributed by atoms with Crippen molar-refractivity contribution in [1.82, 2.24) is 0 Å². The predicted octanol–water partition coefficient (Wildman–Crippen LogP) is 3.59. The summed E-state index contributed by atoms with van der Waals surface area (Å²) >= 11 is 0. The summed E-state index contributed by atoms with van der Waals surface area (Å²) in [7, 11) is 0. The molecule has 0 saturated heterocycles. The largest absolute Gasteiger partial charge is 0.478 e. The Bertz CT molecular complexity index is 585. The summed E-state index contributed by atoms with van der Waals surface area (Å²) in [5.74, 6) is -0.866. The molecule has 0 amide bonds. The molecule has 0 fully saturated rings. The number of hydrogen-bond acceptors (Lipinski definition) is 1. The molecule has 2 rings (SSSR count). The number of aryl methyl sites for hydroxylation is 2. The van der Waals surface area contributed by atoms with Crippen LogP contribution in [-0.2, 0) is 6.42 Å². The van der Waals surface area contributed by atoms with Crippen molar-refractivity contribution >= 4 is 5.97 Å². The molecule has 92 valence electrons. The lowest BCUT2D eigenvalue weighted by Gasteiger charge is -2.08. The van der Waals surface area contributed by atoms with Crippen molar-refractivity contribution in [3.05, 3.63) is 70.3 Å². The van der Waals surface area contributed by atoms with Gasteiger partial charge in [0.25, 0.3) is 0 Å². The second-order valence-corrected chi connectivity index (χ2v) is 4.56. The molecule has 2 aromatic carbocycles. The SMILES string of the molecule is Cc1ccc(Cc2ccccc2C(=O)O)cc1C. The average Bonchev–Trinajstić information content (AvgIpc) is 2.34. The van der Waals surface area contributed by atoms with Crippen LogP contribution in [0.25, 0.3) is 0 Å². The van der Waals surface area contributed by atoms with Gasteiger partial charge in [-0.1, -0.05) is 36.4 Å². The average molecular weight is 240 g/mol. The van der Waals surface area contributed by atoms with Gasteiger partial charge >= 0.3 is 5.97 Å². The van der Waals surface area contributed by atoms with Crippen LogP contribution in [0.4, 0.5) is 0 Å². The van der Waals surface area contributed by atoms with Crippen LogP contribution < -0.4 is 0 Å². The molecular formula is C16H16O2. The Morgan fingerprint density at radius 1 is 1.06 bits per heavy atom. The molecule has 2 aromatic rings. The van der Waals surface area contributed by atoms with Crippen molar-refractivity contribution in [1.29, 1.82) is 0 Å². The van der Waals surface area contributed by atoms with E-state index in [1.807, 2.05) is 12.1 Å². The van der Waals surface area contributed by atoms with Crippen LogP contribution in [0.3, 0.4) is 0 Å². The third kappa shape index (κ3) is 2.59. The topological polar surface area (TPSA) is 37.3 Å². The fourth-order valence-electron chi connectivity index (χ4n) is 2.02. The standard InChI is InChI=1S/C16H16O2/c1-11-7-8-13(9-12(11)2)10-14-5-3-4-6-15(14)16(17)18/h3-9H,10H2,1-2H3,(H,17,18). The Hall–Kier alpha value is -2.09. The van der Waals surface area contributed by atoms with Gasteiger partial charge in [0.2, 0.25) is 0 Å². The maximum Gasteiger partial charge on any atom is 0.335 e. The van der Waals surface area contributed by atoms with E-state index in [9.17, 15) is 4.79 Å². The maximum atomic E-state index is 11.1. The zero-order valence-electron chi connectivity index (χ0n) is 10.6. The molecule has 0 aromatic heterocycles. The van der Waals surface area contributed by atoms with E-state index in [-0.39, 0.29) is 0 Å². The van der Waals surface area contributed by atoms with Crippen LogP contribution in [-0.4, -0.2) is 11.1 Å². The fourth-order valence-corrected chi connectivity index (χ4v) is 2.02. The minimum Gasteiger partial charge on any atom is -0.478 e. The monoisotopic (exact) mass is 240 g/mol. The van der Waals surface area contributed by atoms with E-state index in [1.165, 1.54) is 11.1 Å². The third-order valence-corrected chi connectivity index (χ3v) is 3.21. The van der Waals surface area contributed by atoms with Gasteiger partial charge in [0.15, 0.2) is 0 Å². The Kier molecular flexibility index (Phi) is 3.47. The molecule has 0 aliphatic carbocycles. The number of rotatable bonds is 3. The van der Waals surface area contributed by atoms with Crippen LogP contribution in [0.5, 0.6) is 0 Å². The van der Waals surface area contributed by atoms with Crippen LogP contribution in [0, 0.1) is 13.8 Å². The molecule has 0 bridgehead atoms. The zero-order chi connectivity index (χ0) is 13.1. The van der Waals surface area contributed by atoms with Crippen molar-refractivity contribution in [3.8, 4) is 0 Å². The highest BCUT2D eigenvalue weighted by atomic mass is 16.4. The summed E-state index contributed by atoms with van der Waals surface area (Å²) in [5.41, 5.74) is 4.88. The summed E-state index contributed by atoms with van der Waals surface area (Å²) < 4.78 is 0. The molecule has 0 saturated carbocycles. The number of carbonyl (C=O) groups is 1. The second-order valence-electron chi connectivity index (χ2n) is 4.56. The van der Waals surface area contributed by atoms with Crippen LogP contribution in [0.1, 0.15) is 32.6 Å². The van der Waals surface area contributed by atoms with Gasteiger partial charge in [-0.25, -0.2) is 4.79 Å². The first-order chi connectivity index (χ1) is 8.58. The quantitative estimate of drug-likeness (QED) is 0.890. The number of benzene rings is 2. The normalized spacial score (nSPS) is 10.3. The summed E-state index contributed by atoms with van der Waals surface area (Å²) in [4.78, 5) is 11.1. The van der Waals surface area contributed by atoms with E-state index in [1.54, 1.807) is 12.1 Å². The number of carboxylic acid groups (broad SMARTS) is 1. The smallest absolute Gasteiger partial charge is 0.335 e. The van der Waals surface area contributed by atoms with E-state index in [2.05, 4.69) is 32.0 Å². The first-order valence-corrected chi connectivity index (χ1v) is 5.95. The molecule has 0 heterocycles. The lowest BCUT2D eigenvalue weighted by Crippen LogP contribution is -2.02. The minimum atomic E-state index is -0.866. The minimum absolute atomic E-state index is 0.385. The van der Waals surface area contributed by atoms with Gasteiger partial charge in [0, 0.05) is 0 Å². The molecule has 0 radical (unpaired) electrons. The highest BCUT2D eigenvalue weighted by Crippen LogP contribution is 2.17. The molecule has 0 unspecified atom stereocenters. The van der Waals surface area contributed by atoms with Crippen molar-refractivity contribution in [2.75, 3.05) is 0 Å². The van der Waals surface area contributed by atoms with E-state index in [0.29, 0.717) is 12.0 Å². The highest BCUT2D eigenvalue weighted by molar-refractivity contribution is 5.89. The number of hydrogen-bond donors (Lipinski definition) is 1. The molecule has 0 spiro atoms. The highest BCUT2D eigenvalue weighted by Gasteiger charge is 2.09. The maximum absolute atomic E-state index is 11.1. The van der Waals surface area contributed by atoms with Crippen LogP contribution in [0.2, 0.25) is 0 Å². The molecule has 2 nitrogen and oxygen atoms in total. The van der Waals surface area contributed by atoms with Gasteiger partial charge in [-0.05, 0) is 48.6 Å². The van der Waals surface area contributed by atoms with Gasteiger partial charge < -0.3 is 5.11 Å². The van der Waals surface area contributed by atoms with E-state index in [0.717, 1.165) is 11.1 Å². The first kappa shape index (κ1) is 12.4. The molecule has 1 N–H and O–H groups in total. The van der Waals surface area contributed by atoms with Crippen molar-refractivity contribution in [2.24, 2.45) is 0 Å². The van der Waals surface area contributed by atoms with Crippen LogP contribution >= 0.6 is 0 Å². The molecule has 18 heavy (non-hydrogen) atoms. The fraction of sp³-hybridized carbons (Fsp3) is 0.188. The van der Waals surface area contributed by atoms with Gasteiger partial charge in [0.1, 0.15) is 0 Å². The lowest BCUT2D eigenvalue weighted by molar-refractivity contribution is 0.0696. The lowest BCUT2D eigenvalue weighted by atomic mass is 9.97. The van der Waals surface area contributed by atoms with Crippen LogP contribution in [0.15, 0.2) is 42.5 Å². The summed E-state index contributed by atoms with van der Waals surface area (Å²) in [6.45, 7) is 4.15. The third-order valence-electron chi connectivity index (χ3n) is 3.21. The first-order valence-electron chi connectivity index (χ1n) is 5.95. The number of carboxylic acids is 1. The Morgan fingerprint density at radius 3 is 2.44 bits per heavy atom. The number of aromatic carboxylic acids is 1.